The third-order valence-electron chi connectivity index (χ3n) is 2.32. The molecule has 1 heterocycles. The van der Waals surface area contributed by atoms with Crippen LogP contribution in [0, 0.1) is 20.8 Å². The van der Waals surface area contributed by atoms with Crippen LogP contribution in [0.4, 0.5) is 0 Å². The van der Waals surface area contributed by atoms with Gasteiger partial charge in [-0.05, 0) is 46.0 Å². The summed E-state index contributed by atoms with van der Waals surface area (Å²) in [5, 5.41) is 0. The summed E-state index contributed by atoms with van der Waals surface area (Å²) in [6.07, 6.45) is 0. The molecule has 1 aromatic rings. The Hall–Kier alpha value is -0.760. The summed E-state index contributed by atoms with van der Waals surface area (Å²) in [5.41, 5.74) is 5.45. The van der Waals surface area contributed by atoms with Crippen molar-refractivity contribution in [3.8, 4) is 0 Å². The van der Waals surface area contributed by atoms with Gasteiger partial charge in [0.05, 0.1) is 0 Å². The van der Waals surface area contributed by atoms with Crippen LogP contribution in [0.2, 0.25) is 0 Å². The van der Waals surface area contributed by atoms with E-state index in [1.165, 1.54) is 22.5 Å². The van der Waals surface area contributed by atoms with E-state index >= 15 is 0 Å². The minimum absolute atomic E-state index is 1.03. The van der Waals surface area contributed by atoms with Crippen LogP contribution in [0.25, 0.3) is 0 Å². The van der Waals surface area contributed by atoms with E-state index in [1.807, 2.05) is 0 Å². The molecule has 0 spiro atoms. The molecule has 0 amide bonds. The minimum atomic E-state index is 1.03. The van der Waals surface area contributed by atoms with Crippen LogP contribution in [-0.2, 0) is 6.54 Å². The highest BCUT2D eigenvalue weighted by Gasteiger charge is 2.08. The van der Waals surface area contributed by atoms with E-state index in [2.05, 4.69) is 44.8 Å². The van der Waals surface area contributed by atoms with Gasteiger partial charge < -0.3 is 9.88 Å². The van der Waals surface area contributed by atoms with E-state index in [0.717, 1.165) is 6.54 Å². The van der Waals surface area contributed by atoms with Crippen molar-refractivity contribution in [2.24, 2.45) is 0 Å². The molecule has 1 N–H and O–H groups in total. The van der Waals surface area contributed by atoms with Crippen LogP contribution in [0.15, 0.2) is 0 Å². The maximum atomic E-state index is 3.35. The van der Waals surface area contributed by atoms with E-state index in [1.54, 1.807) is 0 Å². The van der Waals surface area contributed by atoms with Gasteiger partial charge in [0.25, 0.3) is 0 Å². The Morgan fingerprint density at radius 2 is 1.67 bits per heavy atom. The largest absolute Gasteiger partial charge is 0.362 e. The fraction of sp³-hybridized carbons (Fsp3) is 0.600. The number of nitrogens with zero attached hydrogens (tertiary/aromatic N) is 1. The van der Waals surface area contributed by atoms with Crippen LogP contribution in [0.1, 0.15) is 22.5 Å². The molecule has 0 radical (unpaired) electrons. The first-order valence-corrected chi connectivity index (χ1v) is 4.31. The van der Waals surface area contributed by atoms with Crippen molar-refractivity contribution in [2.45, 2.75) is 27.3 Å². The fourth-order valence-electron chi connectivity index (χ4n) is 1.51. The maximum absolute atomic E-state index is 3.35. The lowest BCUT2D eigenvalue weighted by Gasteiger charge is -2.10. The van der Waals surface area contributed by atoms with E-state index in [-0.39, 0.29) is 0 Å². The van der Waals surface area contributed by atoms with Gasteiger partial charge in [0.2, 0.25) is 0 Å². The average Bonchev–Trinajstić information content (AvgIpc) is 2.16. The highest BCUT2D eigenvalue weighted by atomic mass is 15.1. The molecule has 68 valence electrons. The van der Waals surface area contributed by atoms with E-state index in [9.17, 15) is 0 Å². The SMILES string of the molecule is Cc1[nH]c(C)c(CN(C)C)c1C. The number of aromatic amines is 1. The van der Waals surface area contributed by atoms with Crippen molar-refractivity contribution in [3.63, 3.8) is 0 Å². The Morgan fingerprint density at radius 1 is 1.08 bits per heavy atom. The summed E-state index contributed by atoms with van der Waals surface area (Å²) < 4.78 is 0. The molecular formula is C10H18N2. The molecule has 0 atom stereocenters. The molecule has 0 fully saturated rings. The van der Waals surface area contributed by atoms with Crippen LogP contribution < -0.4 is 0 Å². The monoisotopic (exact) mass is 166 g/mol. The van der Waals surface area contributed by atoms with Crippen LogP contribution in [0.3, 0.4) is 0 Å². The van der Waals surface area contributed by atoms with Gasteiger partial charge >= 0.3 is 0 Å². The number of aryl methyl sites for hydroxylation is 2. The second-order valence-corrected chi connectivity index (χ2v) is 3.72. The van der Waals surface area contributed by atoms with Gasteiger partial charge in [-0.1, -0.05) is 0 Å². The lowest BCUT2D eigenvalue weighted by molar-refractivity contribution is 0.401. The number of aromatic nitrogens is 1. The Kier molecular flexibility index (Phi) is 2.58. The maximum Gasteiger partial charge on any atom is 0.0248 e. The number of rotatable bonds is 2. The molecular weight excluding hydrogens is 148 g/mol. The average molecular weight is 166 g/mol. The van der Waals surface area contributed by atoms with Gasteiger partial charge in [-0.3, -0.25) is 0 Å². The van der Waals surface area contributed by atoms with Gasteiger partial charge in [0, 0.05) is 17.9 Å². The van der Waals surface area contributed by atoms with Crippen molar-refractivity contribution >= 4 is 0 Å². The summed E-state index contributed by atoms with van der Waals surface area (Å²) >= 11 is 0. The Labute approximate surface area is 74.6 Å². The second-order valence-electron chi connectivity index (χ2n) is 3.72. The summed E-state index contributed by atoms with van der Waals surface area (Å²) in [6.45, 7) is 7.47. The standard InChI is InChI=1S/C10H18N2/c1-7-8(2)11-9(3)10(7)6-12(4)5/h11H,6H2,1-5H3. The first kappa shape index (κ1) is 9.33. The second kappa shape index (κ2) is 3.31. The molecule has 0 bridgehead atoms. The van der Waals surface area contributed by atoms with Gasteiger partial charge in [0.1, 0.15) is 0 Å². The third kappa shape index (κ3) is 1.69. The first-order chi connectivity index (χ1) is 5.52. The first-order valence-electron chi connectivity index (χ1n) is 4.31. The number of hydrogen-bond acceptors (Lipinski definition) is 1. The fourth-order valence-corrected chi connectivity index (χ4v) is 1.51. The summed E-state index contributed by atoms with van der Waals surface area (Å²) in [4.78, 5) is 5.55. The molecule has 0 aromatic carbocycles. The third-order valence-corrected chi connectivity index (χ3v) is 2.32. The zero-order valence-corrected chi connectivity index (χ0v) is 8.65. The van der Waals surface area contributed by atoms with Crippen molar-refractivity contribution in [1.82, 2.24) is 9.88 Å². The Balaban J connectivity index is 2.97. The van der Waals surface area contributed by atoms with Gasteiger partial charge in [0.15, 0.2) is 0 Å². The number of nitrogens with one attached hydrogen (secondary N) is 1. The van der Waals surface area contributed by atoms with Crippen molar-refractivity contribution in [1.29, 1.82) is 0 Å². The molecule has 0 aliphatic heterocycles. The minimum Gasteiger partial charge on any atom is -0.362 e. The van der Waals surface area contributed by atoms with Crippen molar-refractivity contribution in [2.75, 3.05) is 14.1 Å². The van der Waals surface area contributed by atoms with Crippen molar-refractivity contribution in [3.05, 3.63) is 22.5 Å². The quantitative estimate of drug-likeness (QED) is 0.712. The lowest BCUT2D eigenvalue weighted by atomic mass is 10.1. The molecule has 1 aromatic heterocycles. The lowest BCUT2D eigenvalue weighted by Crippen LogP contribution is -2.11. The van der Waals surface area contributed by atoms with Crippen LogP contribution in [0.5, 0.6) is 0 Å². The molecule has 0 saturated carbocycles. The Bertz CT molecular complexity index is 272. The zero-order chi connectivity index (χ0) is 9.30. The van der Waals surface area contributed by atoms with Gasteiger partial charge in [-0.15, -0.1) is 0 Å². The van der Waals surface area contributed by atoms with Gasteiger partial charge in [-0.2, -0.15) is 0 Å². The molecule has 0 saturated heterocycles. The van der Waals surface area contributed by atoms with E-state index in [0.29, 0.717) is 0 Å². The van der Waals surface area contributed by atoms with E-state index < -0.39 is 0 Å². The predicted octanol–water partition coefficient (Wildman–Crippen LogP) is 2.00. The molecule has 2 nitrogen and oxygen atoms in total. The van der Waals surface area contributed by atoms with Crippen LogP contribution in [-0.4, -0.2) is 24.0 Å². The van der Waals surface area contributed by atoms with Crippen molar-refractivity contribution < 1.29 is 0 Å². The highest BCUT2D eigenvalue weighted by molar-refractivity contribution is 5.34. The zero-order valence-electron chi connectivity index (χ0n) is 8.65. The van der Waals surface area contributed by atoms with E-state index in [4.69, 9.17) is 0 Å². The molecule has 2 heteroatoms. The highest BCUT2D eigenvalue weighted by Crippen LogP contribution is 2.17. The number of H-pyrrole nitrogens is 1. The van der Waals surface area contributed by atoms with Gasteiger partial charge in [-0.25, -0.2) is 0 Å². The summed E-state index contributed by atoms with van der Waals surface area (Å²) in [5.74, 6) is 0. The smallest absolute Gasteiger partial charge is 0.0248 e. The molecule has 0 aliphatic rings. The topological polar surface area (TPSA) is 19.0 Å². The molecule has 0 unspecified atom stereocenters. The predicted molar refractivity (Wildman–Crippen MR) is 52.4 cm³/mol. The number of hydrogen-bond donors (Lipinski definition) is 1. The molecule has 12 heavy (non-hydrogen) atoms. The molecule has 0 aliphatic carbocycles. The Morgan fingerprint density at radius 3 is 2.00 bits per heavy atom. The van der Waals surface area contributed by atoms with Crippen LogP contribution >= 0.6 is 0 Å². The molecule has 1 rings (SSSR count). The summed E-state index contributed by atoms with van der Waals surface area (Å²) in [7, 11) is 4.20. The summed E-state index contributed by atoms with van der Waals surface area (Å²) in [6, 6.07) is 0. The normalized spacial score (nSPS) is 11.2.